The Labute approximate surface area is 130 Å². The van der Waals surface area contributed by atoms with Crippen molar-refractivity contribution in [2.75, 3.05) is 0 Å². The van der Waals surface area contributed by atoms with Gasteiger partial charge < -0.3 is 9.84 Å². The van der Waals surface area contributed by atoms with E-state index >= 15 is 0 Å². The molecular weight excluding hydrogens is 309 g/mol. The average Bonchev–Trinajstić information content (AvgIpc) is 2.43. The van der Waals surface area contributed by atoms with Gasteiger partial charge in [0.05, 0.1) is 26.9 Å². The number of nitro benzene ring substituents is 1. The molecule has 0 aliphatic carbocycles. The predicted octanol–water partition coefficient (Wildman–Crippen LogP) is 4.38. The molecule has 0 aliphatic rings. The van der Waals surface area contributed by atoms with Crippen LogP contribution in [0, 0.1) is 15.9 Å². The first kappa shape index (κ1) is 16.1. The summed E-state index contributed by atoms with van der Waals surface area (Å²) in [4.78, 5) is 10.8. The van der Waals surface area contributed by atoms with Crippen molar-refractivity contribution in [3.8, 4) is 11.5 Å². The van der Waals surface area contributed by atoms with Gasteiger partial charge in [0.1, 0.15) is 17.3 Å². The van der Waals surface area contributed by atoms with Crippen LogP contribution in [0.2, 0.25) is 0 Å². The van der Waals surface area contributed by atoms with Gasteiger partial charge in [0, 0.05) is 0 Å². The van der Waals surface area contributed by atoms with Crippen LogP contribution in [0.4, 0.5) is 10.1 Å². The van der Waals surface area contributed by atoms with E-state index in [2.05, 4.69) is 0 Å². The zero-order valence-corrected chi connectivity index (χ0v) is 12.8. The molecule has 2 aromatic rings. The van der Waals surface area contributed by atoms with Gasteiger partial charge in [-0.3, -0.25) is 10.1 Å². The Hall–Kier alpha value is -2.28. The minimum atomic E-state index is -0.637. The van der Waals surface area contributed by atoms with E-state index in [1.807, 2.05) is 13.8 Å². The summed E-state index contributed by atoms with van der Waals surface area (Å²) in [7, 11) is 0. The van der Waals surface area contributed by atoms with Gasteiger partial charge in [-0.1, -0.05) is 17.8 Å². The van der Waals surface area contributed by atoms with Crippen LogP contribution in [0.3, 0.4) is 0 Å². The summed E-state index contributed by atoms with van der Waals surface area (Å²) in [5.74, 6) is -0.535. The summed E-state index contributed by atoms with van der Waals surface area (Å²) in [5, 5.41) is 20.9. The number of nitro groups is 1. The predicted molar refractivity (Wildman–Crippen MR) is 81.0 cm³/mol. The normalized spacial score (nSPS) is 10.7. The third-order valence-corrected chi connectivity index (χ3v) is 3.83. The number of hydrogen-bond donors (Lipinski definition) is 1. The minimum absolute atomic E-state index is 0.0527. The summed E-state index contributed by atoms with van der Waals surface area (Å²) >= 11 is 0.801. The Morgan fingerprint density at radius 3 is 2.64 bits per heavy atom. The number of ether oxygens (including phenoxy) is 1. The van der Waals surface area contributed by atoms with E-state index in [-0.39, 0.29) is 27.3 Å². The van der Waals surface area contributed by atoms with Crippen molar-refractivity contribution in [3.63, 3.8) is 0 Å². The van der Waals surface area contributed by atoms with E-state index in [9.17, 15) is 19.6 Å². The molecule has 0 unspecified atom stereocenters. The zero-order valence-electron chi connectivity index (χ0n) is 11.9. The van der Waals surface area contributed by atoms with E-state index in [1.165, 1.54) is 30.3 Å². The number of phenolic OH excluding ortho intramolecular Hbond substituents is 1. The standard InChI is InChI=1S/C15H14FNO4S/c1-9(2)21-10-6-7-14(12(8-10)17(19)20)22-15-11(16)4-3-5-13(15)18/h3-9,18H,1-2H3. The Morgan fingerprint density at radius 2 is 2.05 bits per heavy atom. The Bertz CT molecular complexity index is 686. The fourth-order valence-electron chi connectivity index (χ4n) is 1.78. The zero-order chi connectivity index (χ0) is 16.3. The number of phenols is 1. The number of halogens is 1. The lowest BCUT2D eigenvalue weighted by Crippen LogP contribution is -2.05. The Balaban J connectivity index is 2.40. The summed E-state index contributed by atoms with van der Waals surface area (Å²) in [5.41, 5.74) is -0.203. The van der Waals surface area contributed by atoms with E-state index in [0.29, 0.717) is 5.75 Å². The molecule has 5 nitrogen and oxygen atoms in total. The lowest BCUT2D eigenvalue weighted by atomic mass is 10.3. The topological polar surface area (TPSA) is 72.6 Å². The number of aromatic hydroxyl groups is 1. The van der Waals surface area contributed by atoms with Crippen LogP contribution in [-0.2, 0) is 0 Å². The van der Waals surface area contributed by atoms with Crippen LogP contribution in [0.25, 0.3) is 0 Å². The van der Waals surface area contributed by atoms with Crippen LogP contribution in [0.1, 0.15) is 13.8 Å². The van der Waals surface area contributed by atoms with E-state index in [0.717, 1.165) is 11.8 Å². The molecule has 0 saturated heterocycles. The molecule has 116 valence electrons. The van der Waals surface area contributed by atoms with E-state index in [1.54, 1.807) is 6.07 Å². The molecule has 0 fully saturated rings. The molecule has 2 aromatic carbocycles. The molecule has 7 heteroatoms. The lowest BCUT2D eigenvalue weighted by molar-refractivity contribution is -0.387. The minimum Gasteiger partial charge on any atom is -0.507 e. The highest BCUT2D eigenvalue weighted by Gasteiger charge is 2.19. The van der Waals surface area contributed by atoms with Gasteiger partial charge in [-0.15, -0.1) is 0 Å². The van der Waals surface area contributed by atoms with Crippen molar-refractivity contribution in [2.24, 2.45) is 0 Å². The molecule has 0 heterocycles. The Kier molecular flexibility index (Phi) is 4.87. The molecule has 22 heavy (non-hydrogen) atoms. The van der Waals surface area contributed by atoms with Crippen molar-refractivity contribution >= 4 is 17.4 Å². The fraction of sp³-hybridized carbons (Fsp3) is 0.200. The maximum atomic E-state index is 13.7. The van der Waals surface area contributed by atoms with Gasteiger partial charge in [0.15, 0.2) is 0 Å². The second-order valence-corrected chi connectivity index (χ2v) is 5.80. The van der Waals surface area contributed by atoms with Crippen LogP contribution in [0.15, 0.2) is 46.2 Å². The van der Waals surface area contributed by atoms with Crippen LogP contribution < -0.4 is 4.74 Å². The molecular formula is C15H14FNO4S. The van der Waals surface area contributed by atoms with Crippen molar-refractivity contribution in [1.29, 1.82) is 0 Å². The number of hydrogen-bond acceptors (Lipinski definition) is 5. The highest BCUT2D eigenvalue weighted by molar-refractivity contribution is 7.99. The van der Waals surface area contributed by atoms with E-state index < -0.39 is 10.7 Å². The summed E-state index contributed by atoms with van der Waals surface area (Å²) in [6.07, 6.45) is -0.117. The third-order valence-electron chi connectivity index (χ3n) is 2.66. The first-order valence-corrected chi connectivity index (χ1v) is 7.30. The largest absolute Gasteiger partial charge is 0.507 e. The van der Waals surface area contributed by atoms with Gasteiger partial charge in [-0.2, -0.15) is 0 Å². The number of benzene rings is 2. The molecule has 0 radical (unpaired) electrons. The first-order chi connectivity index (χ1) is 10.4. The summed E-state index contributed by atoms with van der Waals surface area (Å²) in [6, 6.07) is 8.22. The van der Waals surface area contributed by atoms with Gasteiger partial charge >= 0.3 is 0 Å². The fourth-order valence-corrected chi connectivity index (χ4v) is 2.71. The number of rotatable bonds is 5. The maximum absolute atomic E-state index is 13.7. The van der Waals surface area contributed by atoms with Crippen LogP contribution in [0.5, 0.6) is 11.5 Å². The van der Waals surface area contributed by atoms with Crippen molar-refractivity contribution in [1.82, 2.24) is 0 Å². The average molecular weight is 323 g/mol. The lowest BCUT2D eigenvalue weighted by Gasteiger charge is -2.11. The molecule has 0 saturated carbocycles. The Morgan fingerprint density at radius 1 is 1.32 bits per heavy atom. The summed E-state index contributed by atoms with van der Waals surface area (Å²) in [6.45, 7) is 3.62. The monoisotopic (exact) mass is 323 g/mol. The SMILES string of the molecule is CC(C)Oc1ccc(Sc2c(O)cccc2F)c([N+](=O)[O-])c1. The smallest absolute Gasteiger partial charge is 0.286 e. The van der Waals surface area contributed by atoms with Gasteiger partial charge in [0.2, 0.25) is 0 Å². The molecule has 0 aromatic heterocycles. The highest BCUT2D eigenvalue weighted by atomic mass is 32.2. The van der Waals surface area contributed by atoms with Crippen molar-refractivity contribution < 1.29 is 19.2 Å². The quantitative estimate of drug-likeness (QED) is 0.653. The molecule has 0 bridgehead atoms. The second kappa shape index (κ2) is 6.65. The molecule has 1 N–H and O–H groups in total. The number of nitrogens with zero attached hydrogens (tertiary/aromatic N) is 1. The molecule has 0 aliphatic heterocycles. The van der Waals surface area contributed by atoms with Gasteiger partial charge in [0.25, 0.3) is 5.69 Å². The van der Waals surface area contributed by atoms with Gasteiger partial charge in [-0.05, 0) is 38.1 Å². The molecule has 0 amide bonds. The molecule has 0 spiro atoms. The maximum Gasteiger partial charge on any atom is 0.286 e. The van der Waals surface area contributed by atoms with Crippen LogP contribution >= 0.6 is 11.8 Å². The molecule has 0 atom stereocenters. The third kappa shape index (κ3) is 3.67. The van der Waals surface area contributed by atoms with Gasteiger partial charge in [-0.25, -0.2) is 4.39 Å². The molecule has 2 rings (SSSR count). The second-order valence-electron chi connectivity index (χ2n) is 4.74. The van der Waals surface area contributed by atoms with Crippen molar-refractivity contribution in [3.05, 3.63) is 52.3 Å². The first-order valence-electron chi connectivity index (χ1n) is 6.49. The van der Waals surface area contributed by atoms with Crippen LogP contribution in [-0.4, -0.2) is 16.1 Å². The summed E-state index contributed by atoms with van der Waals surface area (Å²) < 4.78 is 19.2. The van der Waals surface area contributed by atoms with E-state index in [4.69, 9.17) is 4.74 Å². The highest BCUT2D eigenvalue weighted by Crippen LogP contribution is 2.41. The van der Waals surface area contributed by atoms with Crippen molar-refractivity contribution in [2.45, 2.75) is 29.7 Å².